The molecule has 1 fully saturated rings. The van der Waals surface area contributed by atoms with Gasteiger partial charge >= 0.3 is 0 Å². The molecule has 3 rings (SSSR count). The number of likely N-dealkylation sites (tertiary alicyclic amines) is 1. The lowest BCUT2D eigenvalue weighted by atomic mass is 10.2. The summed E-state index contributed by atoms with van der Waals surface area (Å²) in [6.07, 6.45) is -2.05. The third kappa shape index (κ3) is 3.89. The predicted octanol–water partition coefficient (Wildman–Crippen LogP) is 1.59. The Labute approximate surface area is 146 Å². The molecule has 2 aromatic rings. The average Bonchev–Trinajstić information content (AvgIpc) is 2.95. The van der Waals surface area contributed by atoms with E-state index in [2.05, 4.69) is 0 Å². The molecule has 1 N–H and O–H groups in total. The first-order chi connectivity index (χ1) is 11.9. The minimum absolute atomic E-state index is 0.0139. The molecule has 1 saturated heterocycles. The molecule has 0 unspecified atom stereocenters. The molecular weight excluding hydrogens is 342 g/mol. The Kier molecular flexibility index (Phi) is 4.89. The number of carbonyl (C=O) groups excluding carboxylic acids is 1. The number of nitrogens with zero attached hydrogens (tertiary/aromatic N) is 1. The van der Waals surface area contributed by atoms with Gasteiger partial charge in [-0.25, -0.2) is 0 Å². The van der Waals surface area contributed by atoms with Crippen molar-refractivity contribution in [3.8, 4) is 0 Å². The summed E-state index contributed by atoms with van der Waals surface area (Å²) < 4.78 is 29.9. The van der Waals surface area contributed by atoms with Crippen LogP contribution in [-0.4, -0.2) is 49.6 Å². The van der Waals surface area contributed by atoms with Crippen LogP contribution in [0.2, 0.25) is 0 Å². The van der Waals surface area contributed by atoms with Gasteiger partial charge in [-0.1, -0.05) is 35.9 Å². The molecule has 0 bridgehead atoms. The summed E-state index contributed by atoms with van der Waals surface area (Å²) in [4.78, 5) is 13.8. The van der Waals surface area contributed by atoms with Crippen LogP contribution in [0.15, 0.2) is 59.5 Å². The minimum Gasteiger partial charge on any atom is -0.388 e. The van der Waals surface area contributed by atoms with Crippen LogP contribution in [0.1, 0.15) is 15.9 Å². The van der Waals surface area contributed by atoms with Gasteiger partial charge in [0.1, 0.15) is 12.2 Å². The van der Waals surface area contributed by atoms with Gasteiger partial charge < -0.3 is 10.0 Å². The maximum atomic E-state index is 12.4. The molecule has 2 aromatic carbocycles. The Balaban J connectivity index is 1.72. The molecule has 1 heterocycles. The number of aryl methyl sites for hydroxylation is 1. The largest absolute Gasteiger partial charge is 0.388 e. The number of β-amino-alcohol motifs (C(OH)–C–C–N with tert-alkyl or cyclic N) is 1. The van der Waals surface area contributed by atoms with Gasteiger partial charge in [0.05, 0.1) is 11.4 Å². The zero-order chi connectivity index (χ0) is 18.0. The molecule has 6 nitrogen and oxygen atoms in total. The third-order valence-electron chi connectivity index (χ3n) is 4.10. The van der Waals surface area contributed by atoms with Crippen LogP contribution in [0.4, 0.5) is 0 Å². The van der Waals surface area contributed by atoms with E-state index in [1.807, 2.05) is 6.92 Å². The number of rotatable bonds is 4. The summed E-state index contributed by atoms with van der Waals surface area (Å²) in [5, 5.41) is 10.1. The smallest absolute Gasteiger partial charge is 0.297 e. The summed E-state index contributed by atoms with van der Waals surface area (Å²) in [6.45, 7) is 1.90. The number of benzene rings is 2. The lowest BCUT2D eigenvalue weighted by molar-refractivity contribution is 0.0753. The van der Waals surface area contributed by atoms with E-state index in [0.717, 1.165) is 5.56 Å². The lowest BCUT2D eigenvalue weighted by Crippen LogP contribution is -2.31. The van der Waals surface area contributed by atoms with Crippen molar-refractivity contribution in [1.29, 1.82) is 0 Å². The van der Waals surface area contributed by atoms with Crippen LogP contribution in [-0.2, 0) is 14.3 Å². The number of carbonyl (C=O) groups is 1. The van der Waals surface area contributed by atoms with Crippen LogP contribution in [0.25, 0.3) is 0 Å². The second kappa shape index (κ2) is 6.95. The number of amides is 1. The maximum Gasteiger partial charge on any atom is 0.297 e. The molecule has 132 valence electrons. The second-order valence-corrected chi connectivity index (χ2v) is 7.62. The van der Waals surface area contributed by atoms with Crippen LogP contribution in [0, 0.1) is 6.92 Å². The number of hydrogen-bond acceptors (Lipinski definition) is 5. The van der Waals surface area contributed by atoms with Crippen molar-refractivity contribution in [2.75, 3.05) is 13.1 Å². The quantitative estimate of drug-likeness (QED) is 0.836. The van der Waals surface area contributed by atoms with Gasteiger partial charge in [-0.3, -0.25) is 8.98 Å². The standard InChI is InChI=1S/C18H19NO5S/c1-13-7-9-15(10-8-13)25(22,23)24-17-12-19(11-16(17)20)18(21)14-5-3-2-4-6-14/h2-10,16-17,20H,11-12H2,1H3/t16-,17+/m1/s1. The highest BCUT2D eigenvalue weighted by molar-refractivity contribution is 7.86. The molecule has 0 aromatic heterocycles. The van der Waals surface area contributed by atoms with Gasteiger partial charge in [0.25, 0.3) is 16.0 Å². The van der Waals surface area contributed by atoms with E-state index in [1.54, 1.807) is 42.5 Å². The molecule has 0 spiro atoms. The van der Waals surface area contributed by atoms with Gasteiger partial charge in [-0.05, 0) is 31.2 Å². The molecule has 0 saturated carbocycles. The molecule has 0 radical (unpaired) electrons. The Hall–Kier alpha value is -2.22. The van der Waals surface area contributed by atoms with Crippen LogP contribution in [0.5, 0.6) is 0 Å². The number of aliphatic hydroxyl groups excluding tert-OH is 1. The Bertz CT molecular complexity index is 849. The van der Waals surface area contributed by atoms with Crippen molar-refractivity contribution >= 4 is 16.0 Å². The van der Waals surface area contributed by atoms with Crippen molar-refractivity contribution in [3.05, 3.63) is 65.7 Å². The zero-order valence-electron chi connectivity index (χ0n) is 13.7. The SMILES string of the molecule is Cc1ccc(S(=O)(=O)O[C@H]2CN(C(=O)c3ccccc3)C[C@H]2O)cc1. The van der Waals surface area contributed by atoms with E-state index in [0.29, 0.717) is 5.56 Å². The second-order valence-electron chi connectivity index (χ2n) is 6.05. The first kappa shape index (κ1) is 17.6. The topological polar surface area (TPSA) is 83.9 Å². The molecule has 1 amide bonds. The minimum atomic E-state index is -4.01. The fraction of sp³-hybridized carbons (Fsp3) is 0.278. The maximum absolute atomic E-state index is 12.4. The summed E-state index contributed by atoms with van der Waals surface area (Å²) >= 11 is 0. The van der Waals surface area contributed by atoms with E-state index in [4.69, 9.17) is 4.18 Å². The molecule has 25 heavy (non-hydrogen) atoms. The van der Waals surface area contributed by atoms with Crippen molar-refractivity contribution in [2.45, 2.75) is 24.0 Å². The third-order valence-corrected chi connectivity index (χ3v) is 5.45. The molecule has 1 aliphatic heterocycles. The molecule has 0 aliphatic carbocycles. The predicted molar refractivity (Wildman–Crippen MR) is 91.6 cm³/mol. The van der Waals surface area contributed by atoms with Gasteiger partial charge in [-0.15, -0.1) is 0 Å². The normalized spacial score (nSPS) is 20.6. The Morgan fingerprint density at radius 2 is 1.72 bits per heavy atom. The van der Waals surface area contributed by atoms with Crippen molar-refractivity contribution in [3.63, 3.8) is 0 Å². The first-order valence-corrected chi connectivity index (χ1v) is 9.30. The van der Waals surface area contributed by atoms with Crippen LogP contribution >= 0.6 is 0 Å². The van der Waals surface area contributed by atoms with Gasteiger partial charge in [-0.2, -0.15) is 8.42 Å². The number of hydrogen-bond donors (Lipinski definition) is 1. The summed E-state index contributed by atoms with van der Waals surface area (Å²) in [7, 11) is -4.01. The molecule has 7 heteroatoms. The van der Waals surface area contributed by atoms with Gasteiger partial charge in [0.15, 0.2) is 0 Å². The van der Waals surface area contributed by atoms with Crippen LogP contribution < -0.4 is 0 Å². The molecular formula is C18H19NO5S. The van der Waals surface area contributed by atoms with Crippen molar-refractivity contribution in [1.82, 2.24) is 4.90 Å². The van der Waals surface area contributed by atoms with E-state index < -0.39 is 22.3 Å². The van der Waals surface area contributed by atoms with E-state index in [1.165, 1.54) is 17.0 Å². The van der Waals surface area contributed by atoms with E-state index >= 15 is 0 Å². The highest BCUT2D eigenvalue weighted by Gasteiger charge is 2.38. The highest BCUT2D eigenvalue weighted by atomic mass is 32.2. The zero-order valence-corrected chi connectivity index (χ0v) is 14.5. The summed E-state index contributed by atoms with van der Waals surface area (Å²) in [6, 6.07) is 14.9. The summed E-state index contributed by atoms with van der Waals surface area (Å²) in [5.41, 5.74) is 1.41. The number of aliphatic hydroxyl groups is 1. The Morgan fingerprint density at radius 3 is 2.36 bits per heavy atom. The molecule has 2 atom stereocenters. The fourth-order valence-corrected chi connectivity index (χ4v) is 3.80. The highest BCUT2D eigenvalue weighted by Crippen LogP contribution is 2.22. The fourth-order valence-electron chi connectivity index (χ4n) is 2.70. The average molecular weight is 361 g/mol. The monoisotopic (exact) mass is 361 g/mol. The first-order valence-electron chi connectivity index (χ1n) is 7.89. The lowest BCUT2D eigenvalue weighted by Gasteiger charge is -2.16. The van der Waals surface area contributed by atoms with Crippen molar-refractivity contribution < 1.29 is 22.5 Å². The Morgan fingerprint density at radius 1 is 1.08 bits per heavy atom. The molecule has 1 aliphatic rings. The van der Waals surface area contributed by atoms with Crippen molar-refractivity contribution in [2.24, 2.45) is 0 Å². The van der Waals surface area contributed by atoms with Gasteiger partial charge in [0.2, 0.25) is 0 Å². The van der Waals surface area contributed by atoms with E-state index in [9.17, 15) is 18.3 Å². The van der Waals surface area contributed by atoms with Gasteiger partial charge in [0, 0.05) is 12.1 Å². The summed E-state index contributed by atoms with van der Waals surface area (Å²) in [5.74, 6) is -0.265. The van der Waals surface area contributed by atoms with Crippen LogP contribution in [0.3, 0.4) is 0 Å². The van der Waals surface area contributed by atoms with E-state index in [-0.39, 0.29) is 23.9 Å².